The van der Waals surface area contributed by atoms with E-state index in [1.54, 1.807) is 7.11 Å². The van der Waals surface area contributed by atoms with E-state index >= 15 is 0 Å². The summed E-state index contributed by atoms with van der Waals surface area (Å²) in [5.74, 6) is 0. The highest BCUT2D eigenvalue weighted by Gasteiger charge is 1.91. The Balaban J connectivity index is 2.85. The standard InChI is InChI=1S/C13H26O3/c1-3-4-5-6-7-8-9-15-12-13-16-11-10-14-2/h3H,1,4-13H2,2H3. The second kappa shape index (κ2) is 14.6. The number of unbranched alkanes of at least 4 members (excludes halogenated alkanes) is 4. The Bertz CT molecular complexity index is 137. The van der Waals surface area contributed by atoms with Crippen LogP contribution in [0.2, 0.25) is 0 Å². The van der Waals surface area contributed by atoms with Crippen LogP contribution in [0.1, 0.15) is 32.1 Å². The minimum atomic E-state index is 0.654. The van der Waals surface area contributed by atoms with Crippen molar-refractivity contribution >= 4 is 0 Å². The van der Waals surface area contributed by atoms with Crippen molar-refractivity contribution in [3.8, 4) is 0 Å². The Hall–Kier alpha value is -0.380. The maximum atomic E-state index is 5.43. The maximum absolute atomic E-state index is 5.43. The minimum absolute atomic E-state index is 0.654. The fourth-order valence-corrected chi connectivity index (χ4v) is 1.31. The zero-order valence-corrected chi connectivity index (χ0v) is 10.6. The monoisotopic (exact) mass is 230 g/mol. The van der Waals surface area contributed by atoms with Crippen LogP contribution >= 0.6 is 0 Å². The molecule has 0 unspecified atom stereocenters. The van der Waals surface area contributed by atoms with E-state index in [1.807, 2.05) is 6.08 Å². The molecule has 0 atom stereocenters. The third kappa shape index (κ3) is 13.6. The molecule has 3 nitrogen and oxygen atoms in total. The summed E-state index contributed by atoms with van der Waals surface area (Å²) >= 11 is 0. The van der Waals surface area contributed by atoms with E-state index in [1.165, 1.54) is 19.3 Å². The van der Waals surface area contributed by atoms with Gasteiger partial charge in [-0.05, 0) is 19.3 Å². The third-order valence-corrected chi connectivity index (χ3v) is 2.25. The molecule has 96 valence electrons. The predicted molar refractivity (Wildman–Crippen MR) is 66.8 cm³/mol. The van der Waals surface area contributed by atoms with E-state index in [4.69, 9.17) is 14.2 Å². The average molecular weight is 230 g/mol. The first-order valence-electron chi connectivity index (χ1n) is 6.17. The van der Waals surface area contributed by atoms with Crippen molar-refractivity contribution in [1.29, 1.82) is 0 Å². The Kier molecular flexibility index (Phi) is 14.3. The van der Waals surface area contributed by atoms with Crippen LogP contribution in [-0.4, -0.2) is 40.1 Å². The molecule has 0 aliphatic heterocycles. The number of allylic oxidation sites excluding steroid dienone is 1. The molecule has 0 saturated carbocycles. The summed E-state index contributed by atoms with van der Waals surface area (Å²) in [6, 6.07) is 0. The van der Waals surface area contributed by atoms with Gasteiger partial charge in [0.05, 0.1) is 26.4 Å². The van der Waals surface area contributed by atoms with Gasteiger partial charge in [-0.25, -0.2) is 0 Å². The zero-order valence-electron chi connectivity index (χ0n) is 10.6. The summed E-state index contributed by atoms with van der Waals surface area (Å²) in [4.78, 5) is 0. The molecule has 0 aliphatic rings. The first kappa shape index (κ1) is 15.6. The minimum Gasteiger partial charge on any atom is -0.382 e. The third-order valence-electron chi connectivity index (χ3n) is 2.25. The lowest BCUT2D eigenvalue weighted by Gasteiger charge is -2.05. The lowest BCUT2D eigenvalue weighted by atomic mass is 10.1. The molecule has 0 aromatic rings. The molecule has 3 heteroatoms. The van der Waals surface area contributed by atoms with Crippen LogP contribution in [0.15, 0.2) is 12.7 Å². The number of hydrogen-bond donors (Lipinski definition) is 0. The van der Waals surface area contributed by atoms with Crippen molar-refractivity contribution in [2.45, 2.75) is 32.1 Å². The lowest BCUT2D eigenvalue weighted by molar-refractivity contribution is 0.0239. The van der Waals surface area contributed by atoms with Crippen LogP contribution in [-0.2, 0) is 14.2 Å². The molecule has 0 bridgehead atoms. The van der Waals surface area contributed by atoms with Crippen molar-refractivity contribution in [1.82, 2.24) is 0 Å². The van der Waals surface area contributed by atoms with Crippen LogP contribution in [0.4, 0.5) is 0 Å². The van der Waals surface area contributed by atoms with Crippen molar-refractivity contribution in [2.75, 3.05) is 40.1 Å². The molecular formula is C13H26O3. The van der Waals surface area contributed by atoms with Crippen LogP contribution in [0.5, 0.6) is 0 Å². The SMILES string of the molecule is C=CCCCCCCOCCOCCOC. The number of hydrogen-bond acceptors (Lipinski definition) is 3. The predicted octanol–water partition coefficient (Wildman–Crippen LogP) is 2.80. The quantitative estimate of drug-likeness (QED) is 0.360. The second-order valence-electron chi connectivity index (χ2n) is 3.71. The molecular weight excluding hydrogens is 204 g/mol. The highest BCUT2D eigenvalue weighted by molar-refractivity contribution is 4.65. The van der Waals surface area contributed by atoms with Crippen LogP contribution in [0.25, 0.3) is 0 Å². The number of methoxy groups -OCH3 is 1. The summed E-state index contributed by atoms with van der Waals surface area (Å²) in [7, 11) is 1.67. The van der Waals surface area contributed by atoms with Gasteiger partial charge in [-0.2, -0.15) is 0 Å². The Morgan fingerprint density at radius 2 is 1.44 bits per heavy atom. The van der Waals surface area contributed by atoms with Gasteiger partial charge in [-0.3, -0.25) is 0 Å². The van der Waals surface area contributed by atoms with Crippen molar-refractivity contribution in [3.05, 3.63) is 12.7 Å². The van der Waals surface area contributed by atoms with Gasteiger partial charge < -0.3 is 14.2 Å². The topological polar surface area (TPSA) is 27.7 Å². The second-order valence-corrected chi connectivity index (χ2v) is 3.71. The summed E-state index contributed by atoms with van der Waals surface area (Å²) in [6.07, 6.45) is 8.04. The summed E-state index contributed by atoms with van der Waals surface area (Å²) in [6.45, 7) is 7.22. The van der Waals surface area contributed by atoms with Gasteiger partial charge >= 0.3 is 0 Å². The summed E-state index contributed by atoms with van der Waals surface area (Å²) in [5, 5.41) is 0. The van der Waals surface area contributed by atoms with Crippen LogP contribution < -0.4 is 0 Å². The molecule has 0 aromatic carbocycles. The fraction of sp³-hybridized carbons (Fsp3) is 0.846. The molecule has 0 aromatic heterocycles. The van der Waals surface area contributed by atoms with Gasteiger partial charge in [-0.1, -0.05) is 18.9 Å². The molecule has 0 amide bonds. The smallest absolute Gasteiger partial charge is 0.0701 e. The van der Waals surface area contributed by atoms with Crippen molar-refractivity contribution < 1.29 is 14.2 Å². The van der Waals surface area contributed by atoms with Gasteiger partial charge in [0.2, 0.25) is 0 Å². The van der Waals surface area contributed by atoms with Crippen LogP contribution in [0.3, 0.4) is 0 Å². The van der Waals surface area contributed by atoms with E-state index in [-0.39, 0.29) is 0 Å². The van der Waals surface area contributed by atoms with Crippen molar-refractivity contribution in [2.24, 2.45) is 0 Å². The normalized spacial score (nSPS) is 10.6. The number of ether oxygens (including phenoxy) is 3. The van der Waals surface area contributed by atoms with Crippen LogP contribution in [0, 0.1) is 0 Å². The highest BCUT2D eigenvalue weighted by Crippen LogP contribution is 2.03. The molecule has 0 aliphatic carbocycles. The van der Waals surface area contributed by atoms with Gasteiger partial charge in [0.1, 0.15) is 0 Å². The van der Waals surface area contributed by atoms with Gasteiger partial charge in [-0.15, -0.1) is 6.58 Å². The van der Waals surface area contributed by atoms with Gasteiger partial charge in [0, 0.05) is 13.7 Å². The average Bonchev–Trinajstić information content (AvgIpc) is 2.31. The van der Waals surface area contributed by atoms with Gasteiger partial charge in [0.25, 0.3) is 0 Å². The highest BCUT2D eigenvalue weighted by atomic mass is 16.5. The Morgan fingerprint density at radius 3 is 2.12 bits per heavy atom. The molecule has 0 fully saturated rings. The molecule has 0 saturated heterocycles. The Morgan fingerprint density at radius 1 is 0.812 bits per heavy atom. The van der Waals surface area contributed by atoms with E-state index in [2.05, 4.69) is 6.58 Å². The zero-order chi connectivity index (χ0) is 11.9. The summed E-state index contributed by atoms with van der Waals surface area (Å²) in [5.41, 5.74) is 0. The molecule has 0 radical (unpaired) electrons. The fourth-order valence-electron chi connectivity index (χ4n) is 1.31. The molecule has 16 heavy (non-hydrogen) atoms. The maximum Gasteiger partial charge on any atom is 0.0701 e. The first-order chi connectivity index (χ1) is 7.91. The largest absolute Gasteiger partial charge is 0.382 e. The molecule has 0 rings (SSSR count). The summed E-state index contributed by atoms with van der Waals surface area (Å²) < 4.78 is 15.6. The van der Waals surface area contributed by atoms with E-state index in [0.29, 0.717) is 26.4 Å². The molecule has 0 heterocycles. The molecule has 0 spiro atoms. The lowest BCUT2D eigenvalue weighted by Crippen LogP contribution is -2.08. The first-order valence-corrected chi connectivity index (χ1v) is 6.17. The Labute approximate surface area is 99.8 Å². The van der Waals surface area contributed by atoms with Gasteiger partial charge in [0.15, 0.2) is 0 Å². The molecule has 0 N–H and O–H groups in total. The van der Waals surface area contributed by atoms with E-state index in [0.717, 1.165) is 19.4 Å². The van der Waals surface area contributed by atoms with E-state index < -0.39 is 0 Å². The number of rotatable bonds is 13. The van der Waals surface area contributed by atoms with Crippen molar-refractivity contribution in [3.63, 3.8) is 0 Å². The van der Waals surface area contributed by atoms with E-state index in [9.17, 15) is 0 Å².